The van der Waals surface area contributed by atoms with Crippen molar-refractivity contribution in [3.8, 4) is 0 Å². The van der Waals surface area contributed by atoms with Gasteiger partial charge in [-0.2, -0.15) is 0 Å². The summed E-state index contributed by atoms with van der Waals surface area (Å²) in [5.41, 5.74) is 3.89. The molecule has 0 saturated heterocycles. The van der Waals surface area contributed by atoms with E-state index in [9.17, 15) is 14.0 Å². The van der Waals surface area contributed by atoms with E-state index in [1.54, 1.807) is 13.8 Å². The fourth-order valence-electron chi connectivity index (χ4n) is 1.20. The highest BCUT2D eigenvalue weighted by Gasteiger charge is 2.28. The van der Waals surface area contributed by atoms with Crippen LogP contribution in [-0.4, -0.2) is 23.5 Å². The maximum Gasteiger partial charge on any atom is 0.337 e. The Morgan fingerprint density at radius 1 is 1.44 bits per heavy atom. The number of carbonyl (C=O) groups excluding carboxylic acids is 1. The number of carboxylic acid groups (broad SMARTS) is 1. The van der Waals surface area contributed by atoms with E-state index in [4.69, 9.17) is 10.8 Å². The van der Waals surface area contributed by atoms with Gasteiger partial charge in [0.15, 0.2) is 0 Å². The van der Waals surface area contributed by atoms with Crippen molar-refractivity contribution in [3.05, 3.63) is 29.6 Å². The van der Waals surface area contributed by atoms with Crippen LogP contribution >= 0.6 is 0 Å². The minimum atomic E-state index is -1.31. The lowest BCUT2D eigenvalue weighted by Gasteiger charge is -2.22. The van der Waals surface area contributed by atoms with E-state index < -0.39 is 23.1 Å². The van der Waals surface area contributed by atoms with Crippen LogP contribution in [0.5, 0.6) is 0 Å². The number of benzene rings is 1. The molecule has 0 radical (unpaired) electrons. The first-order valence-corrected chi connectivity index (χ1v) is 5.33. The third-order valence-corrected chi connectivity index (χ3v) is 2.61. The molecule has 6 heteroatoms. The van der Waals surface area contributed by atoms with E-state index in [2.05, 4.69) is 5.32 Å². The molecule has 5 nitrogen and oxygen atoms in total. The number of amides is 1. The normalized spacial score (nSPS) is 11.1. The molecule has 0 aliphatic rings. The molecule has 0 spiro atoms. The number of halogens is 1. The Morgan fingerprint density at radius 3 is 2.56 bits per heavy atom. The molecule has 1 aromatic carbocycles. The van der Waals surface area contributed by atoms with Crippen LogP contribution in [0.2, 0.25) is 0 Å². The number of aromatic carboxylic acids is 1. The van der Waals surface area contributed by atoms with Gasteiger partial charge in [-0.3, -0.25) is 4.79 Å². The highest BCUT2D eigenvalue weighted by molar-refractivity contribution is 6.02. The smallest absolute Gasteiger partial charge is 0.337 e. The molecule has 0 bridgehead atoms. The van der Waals surface area contributed by atoms with Crippen molar-refractivity contribution in [3.63, 3.8) is 0 Å². The van der Waals surface area contributed by atoms with Crippen molar-refractivity contribution in [1.29, 1.82) is 0 Å². The van der Waals surface area contributed by atoms with Crippen LogP contribution in [0.25, 0.3) is 0 Å². The van der Waals surface area contributed by atoms with Crippen molar-refractivity contribution >= 4 is 17.6 Å². The molecular weight excluding hydrogens is 239 g/mol. The third kappa shape index (κ3) is 2.84. The van der Waals surface area contributed by atoms with Gasteiger partial charge in [-0.15, -0.1) is 0 Å². The summed E-state index contributed by atoms with van der Waals surface area (Å²) in [4.78, 5) is 22.8. The summed E-state index contributed by atoms with van der Waals surface area (Å²) in [6, 6.07) is 3.57. The van der Waals surface area contributed by atoms with Gasteiger partial charge in [0.2, 0.25) is 5.91 Å². The zero-order chi connectivity index (χ0) is 13.9. The molecule has 18 heavy (non-hydrogen) atoms. The highest BCUT2D eigenvalue weighted by Crippen LogP contribution is 2.23. The molecule has 0 saturated carbocycles. The Morgan fingerprint density at radius 2 is 2.06 bits per heavy atom. The summed E-state index contributed by atoms with van der Waals surface area (Å²) in [7, 11) is 0. The number of anilines is 1. The van der Waals surface area contributed by atoms with E-state index >= 15 is 0 Å². The van der Waals surface area contributed by atoms with E-state index in [0.29, 0.717) is 0 Å². The molecule has 0 fully saturated rings. The molecule has 1 amide bonds. The summed E-state index contributed by atoms with van der Waals surface area (Å²) < 4.78 is 13.6. The molecule has 1 aromatic rings. The standard InChI is InChI=1S/C12H15FN2O3/c1-12(2,6-14)11(18)15-9-7(10(16)17)4-3-5-8(9)13/h3-5H,6,14H2,1-2H3,(H,15,18)(H,16,17). The SMILES string of the molecule is CC(C)(CN)C(=O)Nc1c(F)cccc1C(=O)O. The molecule has 0 atom stereocenters. The Balaban J connectivity index is 3.12. The number of hydrogen-bond donors (Lipinski definition) is 3. The van der Waals surface area contributed by atoms with Crippen LogP contribution in [0.4, 0.5) is 10.1 Å². The minimum Gasteiger partial charge on any atom is -0.478 e. The van der Waals surface area contributed by atoms with E-state index in [1.807, 2.05) is 0 Å². The van der Waals surface area contributed by atoms with Crippen LogP contribution in [0, 0.1) is 11.2 Å². The Bertz CT molecular complexity index is 486. The lowest BCUT2D eigenvalue weighted by atomic mass is 9.92. The number of hydrogen-bond acceptors (Lipinski definition) is 3. The number of carbonyl (C=O) groups is 2. The first kappa shape index (κ1) is 14.1. The van der Waals surface area contributed by atoms with Crippen molar-refractivity contribution in [2.24, 2.45) is 11.1 Å². The van der Waals surface area contributed by atoms with Gasteiger partial charge in [-0.05, 0) is 26.0 Å². The maximum absolute atomic E-state index is 13.6. The van der Waals surface area contributed by atoms with Gasteiger partial charge >= 0.3 is 5.97 Å². The van der Waals surface area contributed by atoms with Gasteiger partial charge in [0, 0.05) is 6.54 Å². The average molecular weight is 254 g/mol. The monoisotopic (exact) mass is 254 g/mol. The molecule has 0 aromatic heterocycles. The first-order chi connectivity index (χ1) is 8.29. The summed E-state index contributed by atoms with van der Waals surface area (Å²) >= 11 is 0. The van der Waals surface area contributed by atoms with Gasteiger partial charge in [0.05, 0.1) is 16.7 Å². The lowest BCUT2D eigenvalue weighted by Crippen LogP contribution is -2.37. The molecule has 0 unspecified atom stereocenters. The van der Waals surface area contributed by atoms with Gasteiger partial charge in [0.1, 0.15) is 5.82 Å². The second kappa shape index (κ2) is 5.14. The minimum absolute atomic E-state index is 0.0652. The number of para-hydroxylation sites is 1. The average Bonchev–Trinajstić information content (AvgIpc) is 2.31. The summed E-state index contributed by atoms with van der Waals surface area (Å²) in [5, 5.41) is 11.2. The van der Waals surface area contributed by atoms with Gasteiger partial charge < -0.3 is 16.2 Å². The quantitative estimate of drug-likeness (QED) is 0.758. The number of nitrogens with one attached hydrogen (secondary N) is 1. The molecule has 0 aliphatic carbocycles. The highest BCUT2D eigenvalue weighted by atomic mass is 19.1. The molecule has 0 heterocycles. The van der Waals surface area contributed by atoms with Crippen LogP contribution in [0.3, 0.4) is 0 Å². The van der Waals surface area contributed by atoms with E-state index in [-0.39, 0.29) is 17.8 Å². The maximum atomic E-state index is 13.6. The molecule has 4 N–H and O–H groups in total. The Labute approximate surface area is 104 Å². The van der Waals surface area contributed by atoms with Crippen LogP contribution in [-0.2, 0) is 4.79 Å². The van der Waals surface area contributed by atoms with Crippen LogP contribution in [0.1, 0.15) is 24.2 Å². The Hall–Kier alpha value is -1.95. The van der Waals surface area contributed by atoms with Crippen molar-refractivity contribution in [2.45, 2.75) is 13.8 Å². The van der Waals surface area contributed by atoms with E-state index in [0.717, 1.165) is 6.07 Å². The second-order valence-corrected chi connectivity index (χ2v) is 4.51. The third-order valence-electron chi connectivity index (χ3n) is 2.61. The van der Waals surface area contributed by atoms with Gasteiger partial charge in [-0.25, -0.2) is 9.18 Å². The molecular formula is C12H15FN2O3. The molecule has 0 aliphatic heterocycles. The fourth-order valence-corrected chi connectivity index (χ4v) is 1.20. The summed E-state index contributed by atoms with van der Waals surface area (Å²) in [6.07, 6.45) is 0. The summed E-state index contributed by atoms with van der Waals surface area (Å²) in [5.74, 6) is -2.64. The topological polar surface area (TPSA) is 92.4 Å². The van der Waals surface area contributed by atoms with Gasteiger partial charge in [-0.1, -0.05) is 6.07 Å². The van der Waals surface area contributed by atoms with Crippen molar-refractivity contribution < 1.29 is 19.1 Å². The molecule has 98 valence electrons. The van der Waals surface area contributed by atoms with Crippen LogP contribution < -0.4 is 11.1 Å². The zero-order valence-electron chi connectivity index (χ0n) is 10.2. The van der Waals surface area contributed by atoms with Crippen molar-refractivity contribution in [2.75, 3.05) is 11.9 Å². The van der Waals surface area contributed by atoms with Gasteiger partial charge in [0.25, 0.3) is 0 Å². The summed E-state index contributed by atoms with van der Waals surface area (Å²) in [6.45, 7) is 3.24. The number of nitrogens with two attached hydrogens (primary N) is 1. The second-order valence-electron chi connectivity index (χ2n) is 4.51. The number of carboxylic acids is 1. The predicted molar refractivity (Wildman–Crippen MR) is 64.8 cm³/mol. The largest absolute Gasteiger partial charge is 0.478 e. The zero-order valence-corrected chi connectivity index (χ0v) is 10.2. The van der Waals surface area contributed by atoms with E-state index in [1.165, 1.54) is 12.1 Å². The predicted octanol–water partition coefficient (Wildman–Crippen LogP) is 1.45. The fraction of sp³-hybridized carbons (Fsp3) is 0.333. The lowest BCUT2D eigenvalue weighted by molar-refractivity contribution is -0.123. The molecule has 1 rings (SSSR count). The van der Waals surface area contributed by atoms with Crippen LogP contribution in [0.15, 0.2) is 18.2 Å². The first-order valence-electron chi connectivity index (χ1n) is 5.33. The van der Waals surface area contributed by atoms with Crippen molar-refractivity contribution in [1.82, 2.24) is 0 Å². The number of rotatable bonds is 4. The Kier molecular flexibility index (Phi) is 4.03.